The zero-order chi connectivity index (χ0) is 17.6. The molecule has 1 fully saturated rings. The number of nitrogens with one attached hydrogen (secondary N) is 1. The molecule has 1 aliphatic rings. The van der Waals surface area contributed by atoms with E-state index in [0.29, 0.717) is 19.6 Å². The summed E-state index contributed by atoms with van der Waals surface area (Å²) in [5.41, 5.74) is 0. The van der Waals surface area contributed by atoms with Crippen LogP contribution in [-0.4, -0.2) is 68.8 Å². The average Bonchev–Trinajstić information content (AvgIpc) is 3.16. The van der Waals surface area contributed by atoms with Gasteiger partial charge in [-0.15, -0.1) is 35.3 Å². The maximum Gasteiger partial charge on any atom is 0.401 e. The zero-order valence-corrected chi connectivity index (χ0v) is 17.7. The lowest BCUT2D eigenvalue weighted by atomic mass is 10.1. The van der Waals surface area contributed by atoms with Gasteiger partial charge >= 0.3 is 6.18 Å². The topological polar surface area (TPSA) is 30.9 Å². The summed E-state index contributed by atoms with van der Waals surface area (Å²) < 4.78 is 37.3. The van der Waals surface area contributed by atoms with Gasteiger partial charge in [-0.3, -0.25) is 9.89 Å². The predicted molar refractivity (Wildman–Crippen MR) is 108 cm³/mol. The summed E-state index contributed by atoms with van der Waals surface area (Å²) in [6, 6.07) is 4.16. The first kappa shape index (κ1) is 22.5. The number of hydrogen-bond acceptors (Lipinski definition) is 3. The minimum Gasteiger partial charge on any atom is -0.356 e. The molecule has 1 aromatic heterocycles. The molecule has 0 bridgehead atoms. The van der Waals surface area contributed by atoms with Gasteiger partial charge in [-0.2, -0.15) is 13.2 Å². The van der Waals surface area contributed by atoms with Crippen molar-refractivity contribution in [2.24, 2.45) is 10.9 Å². The van der Waals surface area contributed by atoms with Crippen LogP contribution in [0.5, 0.6) is 0 Å². The van der Waals surface area contributed by atoms with Crippen LogP contribution in [0.2, 0.25) is 0 Å². The highest BCUT2D eigenvalue weighted by molar-refractivity contribution is 14.0. The number of nitrogens with zero attached hydrogens (tertiary/aromatic N) is 3. The predicted octanol–water partition coefficient (Wildman–Crippen LogP) is 3.30. The normalized spacial score (nSPS) is 18.9. The van der Waals surface area contributed by atoms with Crippen molar-refractivity contribution in [3.05, 3.63) is 22.4 Å². The number of rotatable bonds is 6. The van der Waals surface area contributed by atoms with Gasteiger partial charge in [-0.25, -0.2) is 0 Å². The van der Waals surface area contributed by atoms with E-state index in [2.05, 4.69) is 26.7 Å². The van der Waals surface area contributed by atoms with E-state index in [-0.39, 0.29) is 29.9 Å². The summed E-state index contributed by atoms with van der Waals surface area (Å²) in [7, 11) is 3.71. The summed E-state index contributed by atoms with van der Waals surface area (Å²) >= 11 is 1.74. The number of likely N-dealkylation sites (N-methyl/N-ethyl adjacent to an activating group) is 1. The Morgan fingerprint density at radius 2 is 2.24 bits per heavy atom. The number of likely N-dealkylation sites (tertiary alicyclic amines) is 1. The minimum absolute atomic E-state index is 0. The van der Waals surface area contributed by atoms with Crippen molar-refractivity contribution >= 4 is 41.3 Å². The second-order valence-corrected chi connectivity index (χ2v) is 7.22. The maximum atomic E-state index is 12.4. The van der Waals surface area contributed by atoms with Crippen molar-refractivity contribution in [2.45, 2.75) is 19.0 Å². The molecule has 0 spiro atoms. The van der Waals surface area contributed by atoms with Crippen LogP contribution in [0.1, 0.15) is 11.3 Å². The average molecular weight is 490 g/mol. The molecule has 2 rings (SSSR count). The van der Waals surface area contributed by atoms with E-state index in [1.54, 1.807) is 18.4 Å². The number of alkyl halides is 3. The third kappa shape index (κ3) is 8.12. The molecule has 0 aliphatic carbocycles. The number of guanidine groups is 1. The molecule has 0 radical (unpaired) electrons. The summed E-state index contributed by atoms with van der Waals surface area (Å²) in [4.78, 5) is 9.14. The summed E-state index contributed by atoms with van der Waals surface area (Å²) in [6.07, 6.45) is -2.36. The largest absolute Gasteiger partial charge is 0.401 e. The summed E-state index contributed by atoms with van der Waals surface area (Å²) in [5, 5.41) is 5.36. The van der Waals surface area contributed by atoms with Crippen LogP contribution in [0, 0.1) is 5.92 Å². The molecular weight excluding hydrogens is 464 g/mol. The van der Waals surface area contributed by atoms with Gasteiger partial charge in [0, 0.05) is 38.6 Å². The Bertz CT molecular complexity index is 522. The lowest BCUT2D eigenvalue weighted by molar-refractivity contribution is -0.143. The number of hydrogen-bond donors (Lipinski definition) is 1. The van der Waals surface area contributed by atoms with E-state index < -0.39 is 12.7 Å². The molecule has 4 nitrogen and oxygen atoms in total. The van der Waals surface area contributed by atoms with E-state index in [1.165, 1.54) is 9.78 Å². The fraction of sp³-hybridized carbons (Fsp3) is 0.688. The molecule has 1 unspecified atom stereocenters. The van der Waals surface area contributed by atoms with Gasteiger partial charge in [0.05, 0.1) is 6.54 Å². The van der Waals surface area contributed by atoms with Crippen molar-refractivity contribution in [3.8, 4) is 0 Å². The van der Waals surface area contributed by atoms with Gasteiger partial charge < -0.3 is 10.2 Å². The molecule has 1 aliphatic heterocycles. The van der Waals surface area contributed by atoms with Gasteiger partial charge in [-0.1, -0.05) is 6.07 Å². The fourth-order valence-corrected chi connectivity index (χ4v) is 3.63. The molecule has 1 saturated heterocycles. The Balaban J connectivity index is 0.00000312. The highest BCUT2D eigenvalue weighted by atomic mass is 127. The third-order valence-corrected chi connectivity index (χ3v) is 5.10. The van der Waals surface area contributed by atoms with Gasteiger partial charge in [0.1, 0.15) is 0 Å². The second kappa shape index (κ2) is 10.6. The van der Waals surface area contributed by atoms with Crippen molar-refractivity contribution in [1.29, 1.82) is 0 Å². The van der Waals surface area contributed by atoms with Crippen LogP contribution in [-0.2, 0) is 6.42 Å². The Labute approximate surface area is 168 Å². The smallest absolute Gasteiger partial charge is 0.356 e. The van der Waals surface area contributed by atoms with Crippen LogP contribution in [0.25, 0.3) is 0 Å². The van der Waals surface area contributed by atoms with Crippen LogP contribution in [0.15, 0.2) is 22.5 Å². The fourth-order valence-electron chi connectivity index (χ4n) is 2.94. The molecule has 0 aromatic carbocycles. The van der Waals surface area contributed by atoms with Crippen molar-refractivity contribution in [3.63, 3.8) is 0 Å². The highest BCUT2D eigenvalue weighted by Gasteiger charge is 2.34. The van der Waals surface area contributed by atoms with E-state index in [4.69, 9.17) is 0 Å². The van der Waals surface area contributed by atoms with Gasteiger partial charge in [-0.05, 0) is 36.8 Å². The Kier molecular flexibility index (Phi) is 9.50. The third-order valence-electron chi connectivity index (χ3n) is 4.17. The molecule has 144 valence electrons. The van der Waals surface area contributed by atoms with Gasteiger partial charge in [0.15, 0.2) is 5.96 Å². The van der Waals surface area contributed by atoms with E-state index >= 15 is 0 Å². The van der Waals surface area contributed by atoms with Crippen LogP contribution < -0.4 is 5.32 Å². The Morgan fingerprint density at radius 3 is 2.84 bits per heavy atom. The molecule has 0 saturated carbocycles. The molecule has 1 atom stereocenters. The van der Waals surface area contributed by atoms with Gasteiger partial charge in [0.25, 0.3) is 0 Å². The second-order valence-electron chi connectivity index (χ2n) is 6.18. The molecule has 2 heterocycles. The van der Waals surface area contributed by atoms with Crippen LogP contribution in [0.4, 0.5) is 13.2 Å². The van der Waals surface area contributed by atoms with E-state index in [9.17, 15) is 13.2 Å². The molecule has 9 heteroatoms. The van der Waals surface area contributed by atoms with E-state index in [0.717, 1.165) is 25.3 Å². The highest BCUT2D eigenvalue weighted by Crippen LogP contribution is 2.22. The van der Waals surface area contributed by atoms with Crippen molar-refractivity contribution < 1.29 is 13.2 Å². The van der Waals surface area contributed by atoms with E-state index in [1.807, 2.05) is 13.1 Å². The molecular formula is C16H26F3IN4S. The summed E-state index contributed by atoms with van der Waals surface area (Å²) in [5.74, 6) is 1.02. The van der Waals surface area contributed by atoms with Crippen LogP contribution in [0.3, 0.4) is 0 Å². The maximum absolute atomic E-state index is 12.4. The number of halogens is 4. The first-order chi connectivity index (χ1) is 11.4. The minimum atomic E-state index is -4.11. The molecule has 1 N–H and O–H groups in total. The number of thiophene rings is 1. The van der Waals surface area contributed by atoms with Gasteiger partial charge in [0.2, 0.25) is 0 Å². The van der Waals surface area contributed by atoms with Crippen molar-refractivity contribution in [1.82, 2.24) is 15.1 Å². The van der Waals surface area contributed by atoms with Crippen LogP contribution >= 0.6 is 35.3 Å². The van der Waals surface area contributed by atoms with Crippen molar-refractivity contribution in [2.75, 3.05) is 46.8 Å². The number of aliphatic imine (C=N–C) groups is 1. The molecule has 0 amide bonds. The standard InChI is InChI=1S/C16H25F3N4S.HI/c1-20-15(22(2)7-6-14-4-3-9-24-14)21-10-13-5-8-23(11-13)12-16(17,18)19;/h3-4,9,13H,5-8,10-12H2,1-2H3,(H,20,21);1H. The molecule has 1 aromatic rings. The Hall–Kier alpha value is -0.550. The lowest BCUT2D eigenvalue weighted by Crippen LogP contribution is -2.42. The molecule has 25 heavy (non-hydrogen) atoms. The first-order valence-electron chi connectivity index (χ1n) is 8.10. The SMILES string of the molecule is CN=C(NCC1CCN(CC(F)(F)F)C1)N(C)CCc1cccs1.I. The first-order valence-corrected chi connectivity index (χ1v) is 8.98. The summed E-state index contributed by atoms with van der Waals surface area (Å²) in [6.45, 7) is 1.70. The monoisotopic (exact) mass is 490 g/mol. The quantitative estimate of drug-likeness (QED) is 0.377. The Morgan fingerprint density at radius 1 is 1.48 bits per heavy atom. The lowest BCUT2D eigenvalue weighted by Gasteiger charge is -2.23. The zero-order valence-electron chi connectivity index (χ0n) is 14.6.